The molecule has 2 aromatic rings. The van der Waals surface area contributed by atoms with Crippen LogP contribution in [0.3, 0.4) is 0 Å². The third kappa shape index (κ3) is 3.71. The van der Waals surface area contributed by atoms with E-state index in [0.717, 1.165) is 22.1 Å². The van der Waals surface area contributed by atoms with E-state index >= 15 is 0 Å². The van der Waals surface area contributed by atoms with Crippen LogP contribution in [0, 0.1) is 6.92 Å². The fraction of sp³-hybridized carbons (Fsp3) is 0.267. The number of halogens is 2. The van der Waals surface area contributed by atoms with Gasteiger partial charge in [0.25, 0.3) is 0 Å². The number of aromatic nitrogens is 1. The number of nitrogens with one attached hydrogen (secondary N) is 1. The summed E-state index contributed by atoms with van der Waals surface area (Å²) in [6, 6.07) is 10.6. The normalized spacial score (nSPS) is 12.2. The third-order valence-electron chi connectivity index (χ3n) is 2.99. The van der Waals surface area contributed by atoms with Crippen LogP contribution in [0.1, 0.15) is 30.5 Å². The zero-order valence-electron chi connectivity index (χ0n) is 11.0. The molecule has 0 aliphatic rings. The van der Waals surface area contributed by atoms with Crippen molar-refractivity contribution in [3.63, 3.8) is 0 Å². The minimum atomic E-state index is 0.231. The van der Waals surface area contributed by atoms with E-state index in [9.17, 15) is 0 Å². The Morgan fingerprint density at radius 2 is 2.00 bits per heavy atom. The van der Waals surface area contributed by atoms with E-state index in [2.05, 4.69) is 57.4 Å². The van der Waals surface area contributed by atoms with Crippen molar-refractivity contribution in [2.24, 2.45) is 0 Å². The van der Waals surface area contributed by atoms with Crippen molar-refractivity contribution in [3.05, 3.63) is 57.3 Å². The summed E-state index contributed by atoms with van der Waals surface area (Å²) in [6.45, 7) is 4.16. The first-order valence-corrected chi connectivity index (χ1v) is 7.41. The van der Waals surface area contributed by atoms with E-state index in [4.69, 9.17) is 11.6 Å². The molecule has 0 saturated heterocycles. The van der Waals surface area contributed by atoms with Crippen LogP contribution in [0.4, 0.5) is 5.69 Å². The van der Waals surface area contributed by atoms with Crippen molar-refractivity contribution < 1.29 is 0 Å². The van der Waals surface area contributed by atoms with Crippen molar-refractivity contribution in [3.8, 4) is 0 Å². The summed E-state index contributed by atoms with van der Waals surface area (Å²) in [7, 11) is 0. The Morgan fingerprint density at radius 3 is 2.63 bits per heavy atom. The second-order valence-electron chi connectivity index (χ2n) is 4.51. The predicted molar refractivity (Wildman–Crippen MR) is 84.8 cm³/mol. The Hall–Kier alpha value is -1.06. The highest BCUT2D eigenvalue weighted by atomic mass is 79.9. The van der Waals surface area contributed by atoms with Gasteiger partial charge in [-0.15, -0.1) is 0 Å². The lowest BCUT2D eigenvalue weighted by molar-refractivity contribution is 0.748. The first-order chi connectivity index (χ1) is 9.10. The first-order valence-electron chi connectivity index (χ1n) is 6.24. The molecule has 0 spiro atoms. The van der Waals surface area contributed by atoms with Crippen LogP contribution in [0.25, 0.3) is 0 Å². The molecule has 1 atom stereocenters. The highest BCUT2D eigenvalue weighted by Gasteiger charge is 2.11. The minimum Gasteiger partial charge on any atom is -0.376 e. The molecule has 0 bridgehead atoms. The zero-order valence-corrected chi connectivity index (χ0v) is 13.3. The topological polar surface area (TPSA) is 24.9 Å². The lowest BCUT2D eigenvalue weighted by Crippen LogP contribution is -2.10. The van der Waals surface area contributed by atoms with Crippen molar-refractivity contribution in [1.82, 2.24) is 4.98 Å². The molecule has 0 saturated carbocycles. The zero-order chi connectivity index (χ0) is 13.8. The molecule has 1 aromatic carbocycles. The second-order valence-corrected chi connectivity index (χ2v) is 5.78. The molecule has 1 heterocycles. The van der Waals surface area contributed by atoms with Crippen molar-refractivity contribution >= 4 is 33.2 Å². The fourth-order valence-corrected chi connectivity index (χ4v) is 2.38. The van der Waals surface area contributed by atoms with Gasteiger partial charge in [-0.2, -0.15) is 0 Å². The lowest BCUT2D eigenvalue weighted by atomic mass is 10.0. The number of rotatable bonds is 4. The van der Waals surface area contributed by atoms with E-state index in [0.29, 0.717) is 5.15 Å². The van der Waals surface area contributed by atoms with Crippen LogP contribution in [0.15, 0.2) is 41.0 Å². The SMILES string of the molecule is CCC(Nc1cc(C)cnc1Cl)c1ccc(Br)cc1. The summed E-state index contributed by atoms with van der Waals surface area (Å²) in [6.07, 6.45) is 2.75. The molecule has 19 heavy (non-hydrogen) atoms. The number of nitrogens with zero attached hydrogens (tertiary/aromatic N) is 1. The lowest BCUT2D eigenvalue weighted by Gasteiger charge is -2.19. The summed E-state index contributed by atoms with van der Waals surface area (Å²) in [5.74, 6) is 0. The number of benzene rings is 1. The minimum absolute atomic E-state index is 0.231. The highest BCUT2D eigenvalue weighted by molar-refractivity contribution is 9.10. The molecule has 0 amide bonds. The Labute approximate surface area is 127 Å². The number of hydrogen-bond donors (Lipinski definition) is 1. The summed E-state index contributed by atoms with van der Waals surface area (Å²) in [5, 5.41) is 3.98. The van der Waals surface area contributed by atoms with Crippen LogP contribution in [0.2, 0.25) is 5.15 Å². The molecule has 0 fully saturated rings. The number of hydrogen-bond acceptors (Lipinski definition) is 2. The van der Waals surface area contributed by atoms with Gasteiger partial charge in [-0.25, -0.2) is 4.98 Å². The third-order valence-corrected chi connectivity index (χ3v) is 3.82. The van der Waals surface area contributed by atoms with Crippen molar-refractivity contribution in [2.75, 3.05) is 5.32 Å². The first kappa shape index (κ1) is 14.4. The van der Waals surface area contributed by atoms with Gasteiger partial charge in [-0.1, -0.05) is 46.6 Å². The largest absolute Gasteiger partial charge is 0.376 e. The maximum Gasteiger partial charge on any atom is 0.152 e. The van der Waals surface area contributed by atoms with Gasteiger partial charge in [0.15, 0.2) is 5.15 Å². The summed E-state index contributed by atoms with van der Waals surface area (Å²) >= 11 is 9.58. The molecule has 1 N–H and O–H groups in total. The van der Waals surface area contributed by atoms with E-state index < -0.39 is 0 Å². The number of pyridine rings is 1. The average molecular weight is 340 g/mol. The molecule has 100 valence electrons. The van der Waals surface area contributed by atoms with Gasteiger partial charge >= 0.3 is 0 Å². The predicted octanol–water partition coefficient (Wildman–Crippen LogP) is 5.37. The summed E-state index contributed by atoms with van der Waals surface area (Å²) in [5.41, 5.74) is 3.22. The van der Waals surface area contributed by atoms with Crippen LogP contribution < -0.4 is 5.32 Å². The van der Waals surface area contributed by atoms with Crippen LogP contribution in [-0.2, 0) is 0 Å². The average Bonchev–Trinajstić information content (AvgIpc) is 2.41. The molecule has 0 aliphatic carbocycles. The molecular weight excluding hydrogens is 324 g/mol. The van der Waals surface area contributed by atoms with Crippen LogP contribution in [-0.4, -0.2) is 4.98 Å². The van der Waals surface area contributed by atoms with Gasteiger partial charge in [0.2, 0.25) is 0 Å². The summed E-state index contributed by atoms with van der Waals surface area (Å²) in [4.78, 5) is 4.17. The van der Waals surface area contributed by atoms with Gasteiger partial charge in [0.1, 0.15) is 0 Å². The van der Waals surface area contributed by atoms with Gasteiger partial charge in [-0.3, -0.25) is 0 Å². The van der Waals surface area contributed by atoms with E-state index in [1.165, 1.54) is 5.56 Å². The number of anilines is 1. The molecule has 0 radical (unpaired) electrons. The van der Waals surface area contributed by atoms with Crippen molar-refractivity contribution in [2.45, 2.75) is 26.3 Å². The molecule has 4 heteroatoms. The highest BCUT2D eigenvalue weighted by Crippen LogP contribution is 2.27. The van der Waals surface area contributed by atoms with E-state index in [1.807, 2.05) is 13.0 Å². The molecular formula is C15H16BrClN2. The molecule has 0 aliphatic heterocycles. The summed E-state index contributed by atoms with van der Waals surface area (Å²) < 4.78 is 1.08. The van der Waals surface area contributed by atoms with E-state index in [1.54, 1.807) is 6.20 Å². The second kappa shape index (κ2) is 6.40. The maximum atomic E-state index is 6.13. The molecule has 2 rings (SSSR count). The smallest absolute Gasteiger partial charge is 0.152 e. The maximum absolute atomic E-state index is 6.13. The Bertz CT molecular complexity index is 555. The molecule has 1 unspecified atom stereocenters. The van der Waals surface area contributed by atoms with Gasteiger partial charge in [0.05, 0.1) is 11.7 Å². The van der Waals surface area contributed by atoms with Crippen LogP contribution >= 0.6 is 27.5 Å². The van der Waals surface area contributed by atoms with Crippen molar-refractivity contribution in [1.29, 1.82) is 0 Å². The van der Waals surface area contributed by atoms with E-state index in [-0.39, 0.29) is 6.04 Å². The fourth-order valence-electron chi connectivity index (χ4n) is 1.96. The standard InChI is InChI=1S/C15H16BrClN2/c1-3-13(11-4-6-12(16)7-5-11)19-14-8-10(2)9-18-15(14)17/h4-9,13,19H,3H2,1-2H3. The van der Waals surface area contributed by atoms with Crippen LogP contribution in [0.5, 0.6) is 0 Å². The Kier molecular flexibility index (Phi) is 4.83. The Balaban J connectivity index is 2.23. The van der Waals surface area contributed by atoms with Gasteiger partial charge < -0.3 is 5.32 Å². The Morgan fingerprint density at radius 1 is 1.32 bits per heavy atom. The van der Waals surface area contributed by atoms with Gasteiger partial charge in [0, 0.05) is 10.7 Å². The number of aryl methyl sites for hydroxylation is 1. The van der Waals surface area contributed by atoms with Gasteiger partial charge in [-0.05, 0) is 42.7 Å². The molecule has 2 nitrogen and oxygen atoms in total. The quantitative estimate of drug-likeness (QED) is 0.758. The molecule has 1 aromatic heterocycles. The monoisotopic (exact) mass is 338 g/mol.